The average Bonchev–Trinajstić information content (AvgIpc) is 3.17. The van der Waals surface area contributed by atoms with Crippen molar-refractivity contribution in [2.75, 3.05) is 20.3 Å². The van der Waals surface area contributed by atoms with Crippen LogP contribution in [0.15, 0.2) is 61.2 Å². The van der Waals surface area contributed by atoms with E-state index in [0.717, 1.165) is 22.3 Å². The molecule has 0 aromatic heterocycles. The minimum Gasteiger partial charge on any atom is -0.460 e. The van der Waals surface area contributed by atoms with E-state index in [-0.39, 0.29) is 25.0 Å². The van der Waals surface area contributed by atoms with Crippen molar-refractivity contribution in [1.82, 2.24) is 10.2 Å². The Balaban J connectivity index is 1.71. The molecule has 0 spiro atoms. The first-order valence-electron chi connectivity index (χ1n) is 12.2. The molecule has 7 heteroatoms. The van der Waals surface area contributed by atoms with Gasteiger partial charge in [0.2, 0.25) is 5.91 Å². The zero-order valence-electron chi connectivity index (χ0n) is 21.7. The van der Waals surface area contributed by atoms with Crippen LogP contribution in [0.25, 0.3) is 11.1 Å². The highest BCUT2D eigenvalue weighted by molar-refractivity contribution is 5.91. The summed E-state index contributed by atoms with van der Waals surface area (Å²) >= 11 is 0. The number of amides is 2. The molecule has 2 amide bonds. The first kappa shape index (κ1) is 27.0. The van der Waals surface area contributed by atoms with Crippen molar-refractivity contribution in [2.45, 2.75) is 51.6 Å². The summed E-state index contributed by atoms with van der Waals surface area (Å²) in [5.41, 5.74) is 3.25. The van der Waals surface area contributed by atoms with Crippen LogP contribution in [0.4, 0.5) is 4.79 Å². The SMILES string of the molecule is C=CCOC(=O)C(C)(C)NC(=O)[C@H](CC(C)C)N(C)C(=O)OCC1c2ccccc2-c2ccccc21. The van der Waals surface area contributed by atoms with Crippen LogP contribution in [0.1, 0.15) is 51.2 Å². The Morgan fingerprint density at radius 3 is 2.11 bits per heavy atom. The standard InChI is InChI=1S/C29H36N2O5/c1-7-16-35-27(33)29(4,5)30-26(32)25(17-19(2)3)31(6)28(34)36-18-24-22-14-10-8-12-20(22)21-13-9-11-15-23(21)24/h7-15,19,24-25H,1,16-18H2,2-6H3,(H,30,32)/t25-/m0/s1. The normalized spacial score (nSPS) is 13.4. The van der Waals surface area contributed by atoms with Gasteiger partial charge < -0.3 is 14.8 Å². The maximum atomic E-state index is 13.2. The third kappa shape index (κ3) is 5.96. The number of ether oxygens (including phenoxy) is 2. The molecule has 192 valence electrons. The van der Waals surface area contributed by atoms with E-state index < -0.39 is 29.6 Å². The molecule has 2 aromatic carbocycles. The van der Waals surface area contributed by atoms with E-state index in [9.17, 15) is 14.4 Å². The van der Waals surface area contributed by atoms with E-state index in [2.05, 4.69) is 36.2 Å². The molecule has 0 saturated carbocycles. The first-order valence-corrected chi connectivity index (χ1v) is 12.2. The molecule has 0 bridgehead atoms. The van der Waals surface area contributed by atoms with Crippen LogP contribution >= 0.6 is 0 Å². The van der Waals surface area contributed by atoms with Gasteiger partial charge in [-0.1, -0.05) is 75.0 Å². The zero-order chi connectivity index (χ0) is 26.5. The molecule has 1 aliphatic carbocycles. The van der Waals surface area contributed by atoms with E-state index >= 15 is 0 Å². The smallest absolute Gasteiger partial charge is 0.410 e. The number of fused-ring (bicyclic) bond motifs is 3. The molecule has 0 unspecified atom stereocenters. The first-order chi connectivity index (χ1) is 17.1. The van der Waals surface area contributed by atoms with Gasteiger partial charge in [0, 0.05) is 13.0 Å². The molecule has 36 heavy (non-hydrogen) atoms. The molecular weight excluding hydrogens is 456 g/mol. The monoisotopic (exact) mass is 492 g/mol. The van der Waals surface area contributed by atoms with Gasteiger partial charge >= 0.3 is 12.1 Å². The van der Waals surface area contributed by atoms with Crippen LogP contribution in [0.3, 0.4) is 0 Å². The molecule has 0 heterocycles. The van der Waals surface area contributed by atoms with Crippen LogP contribution in [0.5, 0.6) is 0 Å². The Labute approximate surface area is 213 Å². The molecular formula is C29H36N2O5. The fraction of sp³-hybridized carbons (Fsp3) is 0.414. The summed E-state index contributed by atoms with van der Waals surface area (Å²) in [6.07, 6.45) is 1.27. The summed E-state index contributed by atoms with van der Waals surface area (Å²) in [7, 11) is 1.55. The number of esters is 1. The lowest BCUT2D eigenvalue weighted by Crippen LogP contribution is -2.57. The second kappa shape index (κ2) is 11.4. The Kier molecular flexibility index (Phi) is 8.56. The van der Waals surface area contributed by atoms with Crippen molar-refractivity contribution in [3.63, 3.8) is 0 Å². The van der Waals surface area contributed by atoms with E-state index in [1.807, 2.05) is 38.1 Å². The maximum absolute atomic E-state index is 13.2. The van der Waals surface area contributed by atoms with Gasteiger partial charge in [-0.05, 0) is 48.4 Å². The Hall–Kier alpha value is -3.61. The predicted octanol–water partition coefficient (Wildman–Crippen LogP) is 4.91. The minimum absolute atomic E-state index is 0.0488. The number of benzene rings is 2. The van der Waals surface area contributed by atoms with E-state index in [1.54, 1.807) is 20.9 Å². The third-order valence-electron chi connectivity index (χ3n) is 6.37. The Bertz CT molecular complexity index is 1080. The summed E-state index contributed by atoms with van der Waals surface area (Å²) < 4.78 is 10.9. The molecule has 2 aromatic rings. The number of nitrogens with one attached hydrogen (secondary N) is 1. The molecule has 0 saturated heterocycles. The highest BCUT2D eigenvalue weighted by Gasteiger charge is 2.37. The lowest BCUT2D eigenvalue weighted by molar-refractivity contribution is -0.151. The number of carbonyl (C=O) groups excluding carboxylic acids is 3. The summed E-state index contributed by atoms with van der Waals surface area (Å²) in [4.78, 5) is 40.0. The molecule has 1 atom stereocenters. The predicted molar refractivity (Wildman–Crippen MR) is 139 cm³/mol. The largest absolute Gasteiger partial charge is 0.460 e. The van der Waals surface area contributed by atoms with E-state index in [4.69, 9.17) is 9.47 Å². The van der Waals surface area contributed by atoms with Crippen molar-refractivity contribution < 1.29 is 23.9 Å². The molecule has 0 fully saturated rings. The van der Waals surface area contributed by atoms with Crippen molar-refractivity contribution in [1.29, 1.82) is 0 Å². The zero-order valence-corrected chi connectivity index (χ0v) is 21.7. The van der Waals surface area contributed by atoms with Crippen molar-refractivity contribution >= 4 is 18.0 Å². The summed E-state index contributed by atoms with van der Waals surface area (Å²) in [6, 6.07) is 15.4. The molecule has 1 aliphatic rings. The highest BCUT2D eigenvalue weighted by Crippen LogP contribution is 2.44. The van der Waals surface area contributed by atoms with E-state index in [1.165, 1.54) is 11.0 Å². The lowest BCUT2D eigenvalue weighted by Gasteiger charge is -2.32. The van der Waals surface area contributed by atoms with Crippen molar-refractivity contribution in [3.8, 4) is 11.1 Å². The summed E-state index contributed by atoms with van der Waals surface area (Å²) in [6.45, 7) is 10.8. The minimum atomic E-state index is -1.27. The van der Waals surface area contributed by atoms with Gasteiger partial charge in [0.15, 0.2) is 0 Å². The number of hydrogen-bond acceptors (Lipinski definition) is 5. The van der Waals surface area contributed by atoms with Gasteiger partial charge in [-0.3, -0.25) is 9.69 Å². The number of rotatable bonds is 10. The third-order valence-corrected chi connectivity index (χ3v) is 6.37. The van der Waals surface area contributed by atoms with Crippen molar-refractivity contribution in [3.05, 3.63) is 72.3 Å². The molecule has 1 N–H and O–H groups in total. The van der Waals surface area contributed by atoms with Gasteiger partial charge in [0.05, 0.1) is 0 Å². The van der Waals surface area contributed by atoms with Crippen LogP contribution in [-0.4, -0.2) is 54.7 Å². The molecule has 7 nitrogen and oxygen atoms in total. The number of carbonyl (C=O) groups is 3. The van der Waals surface area contributed by atoms with Gasteiger partial charge in [0.1, 0.15) is 24.8 Å². The van der Waals surface area contributed by atoms with Gasteiger partial charge in [-0.15, -0.1) is 0 Å². The van der Waals surface area contributed by atoms with Crippen LogP contribution in [0.2, 0.25) is 0 Å². The van der Waals surface area contributed by atoms with Crippen LogP contribution in [0, 0.1) is 5.92 Å². The van der Waals surface area contributed by atoms with E-state index in [0.29, 0.717) is 6.42 Å². The second-order valence-electron chi connectivity index (χ2n) is 10.1. The maximum Gasteiger partial charge on any atom is 0.410 e. The van der Waals surface area contributed by atoms with Crippen LogP contribution < -0.4 is 5.32 Å². The Morgan fingerprint density at radius 1 is 1.03 bits per heavy atom. The Morgan fingerprint density at radius 2 is 1.58 bits per heavy atom. The number of likely N-dealkylation sites (N-methyl/N-ethyl adjacent to an activating group) is 1. The number of hydrogen-bond donors (Lipinski definition) is 1. The van der Waals surface area contributed by atoms with Gasteiger partial charge in [-0.25, -0.2) is 9.59 Å². The number of nitrogens with zero attached hydrogens (tertiary/aromatic N) is 1. The molecule has 0 aliphatic heterocycles. The molecule has 0 radical (unpaired) electrons. The van der Waals surface area contributed by atoms with Gasteiger partial charge in [0.25, 0.3) is 0 Å². The quantitative estimate of drug-likeness (QED) is 0.376. The highest BCUT2D eigenvalue weighted by atomic mass is 16.6. The second-order valence-corrected chi connectivity index (χ2v) is 10.1. The topological polar surface area (TPSA) is 84.9 Å². The lowest BCUT2D eigenvalue weighted by atomic mass is 9.98. The average molecular weight is 493 g/mol. The summed E-state index contributed by atoms with van der Waals surface area (Å²) in [5.74, 6) is -0.978. The van der Waals surface area contributed by atoms with Gasteiger partial charge in [-0.2, -0.15) is 0 Å². The van der Waals surface area contributed by atoms with Crippen LogP contribution in [-0.2, 0) is 19.1 Å². The fourth-order valence-electron chi connectivity index (χ4n) is 4.47. The van der Waals surface area contributed by atoms with Crippen molar-refractivity contribution in [2.24, 2.45) is 5.92 Å². The summed E-state index contributed by atoms with van der Waals surface area (Å²) in [5, 5.41) is 2.73. The fourth-order valence-corrected chi connectivity index (χ4v) is 4.47. The molecule has 3 rings (SSSR count).